The number of carbonyl (C=O) groups excluding carboxylic acids is 1. The second-order valence-corrected chi connectivity index (χ2v) is 7.34. The molecule has 4 nitrogen and oxygen atoms in total. The van der Waals surface area contributed by atoms with Crippen LogP contribution in [0.2, 0.25) is 0 Å². The summed E-state index contributed by atoms with van der Waals surface area (Å²) in [4.78, 5) is 16.4. The van der Waals surface area contributed by atoms with Crippen molar-refractivity contribution in [2.75, 3.05) is 11.6 Å². The van der Waals surface area contributed by atoms with E-state index in [1.165, 1.54) is 0 Å². The third-order valence-corrected chi connectivity index (χ3v) is 4.56. The van der Waals surface area contributed by atoms with E-state index in [2.05, 4.69) is 41.8 Å². The molecule has 0 aromatic carbocycles. The van der Waals surface area contributed by atoms with Crippen LogP contribution in [0, 0.1) is 0 Å². The van der Waals surface area contributed by atoms with Gasteiger partial charge < -0.3 is 5.32 Å². The largest absolute Gasteiger partial charge is 0.348 e. The van der Waals surface area contributed by atoms with E-state index in [1.807, 2.05) is 0 Å². The van der Waals surface area contributed by atoms with Gasteiger partial charge in [-0.3, -0.25) is 10.1 Å². The molecule has 1 atom stereocenters. The third kappa shape index (κ3) is 5.41. The molecule has 2 rings (SSSR count). The van der Waals surface area contributed by atoms with Crippen LogP contribution >= 0.6 is 47.9 Å². The third-order valence-electron chi connectivity index (χ3n) is 2.77. The van der Waals surface area contributed by atoms with Crippen LogP contribution in [0.1, 0.15) is 31.5 Å². The predicted octanol–water partition coefficient (Wildman–Crippen LogP) is 2.56. The van der Waals surface area contributed by atoms with Crippen molar-refractivity contribution < 1.29 is 4.79 Å². The number of hydrogen-bond donors (Lipinski definition) is 2. The van der Waals surface area contributed by atoms with Gasteiger partial charge in [0.25, 0.3) is 0 Å². The number of rotatable bonds is 3. The van der Waals surface area contributed by atoms with Crippen LogP contribution in [0.25, 0.3) is 0 Å². The van der Waals surface area contributed by atoms with Crippen molar-refractivity contribution in [1.29, 1.82) is 0 Å². The van der Waals surface area contributed by atoms with E-state index in [9.17, 15) is 4.79 Å². The van der Waals surface area contributed by atoms with Crippen molar-refractivity contribution in [2.24, 2.45) is 0 Å². The molecule has 0 aliphatic carbocycles. The van der Waals surface area contributed by atoms with Gasteiger partial charge in [0, 0.05) is 22.4 Å². The van der Waals surface area contributed by atoms with E-state index in [0.29, 0.717) is 6.54 Å². The molecular weight excluding hydrogens is 337 g/mol. The molecule has 1 amide bonds. The first kappa shape index (κ1) is 20.0. The number of nitrogens with one attached hydrogen (secondary N) is 2. The molecule has 116 valence electrons. The fourth-order valence-corrected chi connectivity index (χ4v) is 3.49. The maximum atomic E-state index is 11.8. The molecule has 0 bridgehead atoms. The zero-order valence-corrected chi connectivity index (χ0v) is 15.0. The predicted molar refractivity (Wildman–Crippen MR) is 91.4 cm³/mol. The number of halogens is 2. The number of carbonyl (C=O) groups is 1. The number of amides is 1. The lowest BCUT2D eigenvalue weighted by Crippen LogP contribution is -2.41. The van der Waals surface area contributed by atoms with Gasteiger partial charge in [0.1, 0.15) is 5.01 Å². The molecule has 1 aromatic rings. The molecule has 0 radical (unpaired) electrons. The lowest BCUT2D eigenvalue weighted by Gasteiger charge is -2.14. The Morgan fingerprint density at radius 1 is 1.50 bits per heavy atom. The van der Waals surface area contributed by atoms with Crippen molar-refractivity contribution in [3.63, 3.8) is 0 Å². The smallest absolute Gasteiger partial charge is 0.238 e. The van der Waals surface area contributed by atoms with Gasteiger partial charge in [-0.1, -0.05) is 20.8 Å². The highest BCUT2D eigenvalue weighted by atomic mass is 35.5. The number of aromatic nitrogens is 1. The Morgan fingerprint density at radius 2 is 2.20 bits per heavy atom. The quantitative estimate of drug-likeness (QED) is 0.872. The average Bonchev–Trinajstić information content (AvgIpc) is 2.96. The first-order valence-corrected chi connectivity index (χ1v) is 8.04. The molecular formula is C12H21Cl2N3OS2. The Morgan fingerprint density at radius 3 is 2.70 bits per heavy atom. The molecule has 20 heavy (non-hydrogen) atoms. The molecule has 0 spiro atoms. The first-order valence-electron chi connectivity index (χ1n) is 6.00. The highest BCUT2D eigenvalue weighted by Crippen LogP contribution is 2.23. The van der Waals surface area contributed by atoms with Crippen LogP contribution in [-0.4, -0.2) is 28.6 Å². The van der Waals surface area contributed by atoms with Crippen LogP contribution < -0.4 is 10.6 Å². The molecule has 1 aliphatic rings. The minimum atomic E-state index is -0.0444. The second-order valence-electron chi connectivity index (χ2n) is 5.37. The maximum absolute atomic E-state index is 11.8. The zero-order chi connectivity index (χ0) is 13.2. The average molecular weight is 358 g/mol. The van der Waals surface area contributed by atoms with E-state index in [4.69, 9.17) is 0 Å². The summed E-state index contributed by atoms with van der Waals surface area (Å²) in [6.07, 6.45) is 0. The zero-order valence-electron chi connectivity index (χ0n) is 11.8. The summed E-state index contributed by atoms with van der Waals surface area (Å²) in [7, 11) is 0. The Balaban J connectivity index is 0.00000180. The van der Waals surface area contributed by atoms with Crippen LogP contribution in [0.4, 0.5) is 0 Å². The van der Waals surface area contributed by atoms with E-state index >= 15 is 0 Å². The highest BCUT2D eigenvalue weighted by molar-refractivity contribution is 7.99. The van der Waals surface area contributed by atoms with E-state index in [1.54, 1.807) is 23.1 Å². The van der Waals surface area contributed by atoms with Gasteiger partial charge in [0.15, 0.2) is 0 Å². The van der Waals surface area contributed by atoms with Gasteiger partial charge in [-0.2, -0.15) is 0 Å². The molecule has 1 unspecified atom stereocenters. The highest BCUT2D eigenvalue weighted by Gasteiger charge is 2.22. The summed E-state index contributed by atoms with van der Waals surface area (Å²) in [6, 6.07) is -0.0444. The number of thiazole rings is 1. The molecule has 2 N–H and O–H groups in total. The standard InChI is InChI=1S/C12H19N3OS2.2ClH/c1-12(2,3)9-6-18-10(15-9)4-13-11(16)8-5-17-7-14-8;;/h6,8,14H,4-5,7H2,1-3H3,(H,13,16);2*1H. The van der Waals surface area contributed by atoms with E-state index in [0.717, 1.165) is 22.3 Å². The normalized spacial score (nSPS) is 18.1. The summed E-state index contributed by atoms with van der Waals surface area (Å²) in [5.74, 6) is 1.80. The Bertz CT molecular complexity index is 429. The van der Waals surface area contributed by atoms with E-state index < -0.39 is 0 Å². The molecule has 1 fully saturated rings. The Hall–Kier alpha value is -0.0100. The maximum Gasteiger partial charge on any atom is 0.238 e. The van der Waals surface area contributed by atoms with Gasteiger partial charge >= 0.3 is 0 Å². The van der Waals surface area contributed by atoms with Gasteiger partial charge in [0.05, 0.1) is 18.3 Å². The van der Waals surface area contributed by atoms with Crippen molar-refractivity contribution in [3.8, 4) is 0 Å². The summed E-state index contributed by atoms with van der Waals surface area (Å²) in [5, 5.41) is 9.14. The van der Waals surface area contributed by atoms with Crippen molar-refractivity contribution >= 4 is 53.8 Å². The number of thioether (sulfide) groups is 1. The number of nitrogens with zero attached hydrogens (tertiary/aromatic N) is 1. The molecule has 1 aliphatic heterocycles. The lowest BCUT2D eigenvalue weighted by atomic mass is 9.93. The molecule has 8 heteroatoms. The fourth-order valence-electron chi connectivity index (χ4n) is 1.59. The van der Waals surface area contributed by atoms with E-state index in [-0.39, 0.29) is 42.2 Å². The van der Waals surface area contributed by atoms with Gasteiger partial charge in [-0.25, -0.2) is 4.98 Å². The van der Waals surface area contributed by atoms with Gasteiger partial charge in [-0.15, -0.1) is 47.9 Å². The van der Waals surface area contributed by atoms with Crippen LogP contribution in [-0.2, 0) is 16.8 Å². The minimum absolute atomic E-state index is 0. The van der Waals surface area contributed by atoms with Crippen LogP contribution in [0.15, 0.2) is 5.38 Å². The topological polar surface area (TPSA) is 54.0 Å². The first-order chi connectivity index (χ1) is 8.47. The summed E-state index contributed by atoms with van der Waals surface area (Å²) >= 11 is 3.36. The molecule has 2 heterocycles. The van der Waals surface area contributed by atoms with Gasteiger partial charge in [-0.05, 0) is 0 Å². The Kier molecular flexibility index (Phi) is 8.43. The lowest BCUT2D eigenvalue weighted by molar-refractivity contribution is -0.122. The van der Waals surface area contributed by atoms with Crippen LogP contribution in [0.3, 0.4) is 0 Å². The summed E-state index contributed by atoms with van der Waals surface area (Å²) < 4.78 is 0. The number of hydrogen-bond acceptors (Lipinski definition) is 5. The van der Waals surface area contributed by atoms with Gasteiger partial charge in [0.2, 0.25) is 5.91 Å². The fraction of sp³-hybridized carbons (Fsp3) is 0.667. The monoisotopic (exact) mass is 357 g/mol. The Labute approximate surface area is 140 Å². The molecule has 0 saturated carbocycles. The molecule has 1 aromatic heterocycles. The van der Waals surface area contributed by atoms with Crippen LogP contribution in [0.5, 0.6) is 0 Å². The van der Waals surface area contributed by atoms with Crippen molar-refractivity contribution in [2.45, 2.75) is 38.8 Å². The summed E-state index contributed by atoms with van der Waals surface area (Å²) in [5.41, 5.74) is 1.16. The molecule has 1 saturated heterocycles. The second kappa shape index (κ2) is 8.44. The minimum Gasteiger partial charge on any atom is -0.348 e. The summed E-state index contributed by atoms with van der Waals surface area (Å²) in [6.45, 7) is 6.96. The van der Waals surface area contributed by atoms with Crippen molar-refractivity contribution in [3.05, 3.63) is 16.1 Å². The van der Waals surface area contributed by atoms with Crippen molar-refractivity contribution in [1.82, 2.24) is 15.6 Å². The SMILES string of the molecule is CC(C)(C)c1csc(CNC(=O)C2CSCN2)n1.Cl.Cl.